The van der Waals surface area contributed by atoms with Crippen LogP contribution < -0.4 is 0 Å². The Hall–Kier alpha value is -1.23. The van der Waals surface area contributed by atoms with Gasteiger partial charge in [0.25, 0.3) is 0 Å². The van der Waals surface area contributed by atoms with Crippen molar-refractivity contribution in [3.05, 3.63) is 11.8 Å². The van der Waals surface area contributed by atoms with Crippen molar-refractivity contribution in [2.45, 2.75) is 64.5 Å². The third-order valence-corrected chi connectivity index (χ3v) is 4.64. The van der Waals surface area contributed by atoms with E-state index in [9.17, 15) is 4.79 Å². The molecule has 5 nitrogen and oxygen atoms in total. The van der Waals surface area contributed by atoms with Crippen molar-refractivity contribution in [3.63, 3.8) is 0 Å². The number of ketones is 1. The fourth-order valence-electron chi connectivity index (χ4n) is 3.66. The van der Waals surface area contributed by atoms with Crippen molar-refractivity contribution in [1.29, 1.82) is 0 Å². The first-order chi connectivity index (χ1) is 9.74. The Kier molecular flexibility index (Phi) is 4.15. The first-order valence-electron chi connectivity index (χ1n) is 7.80. The van der Waals surface area contributed by atoms with Gasteiger partial charge in [-0.1, -0.05) is 12.8 Å². The maximum atomic E-state index is 12.2. The van der Waals surface area contributed by atoms with E-state index in [0.717, 1.165) is 32.2 Å². The summed E-state index contributed by atoms with van der Waals surface area (Å²) in [6.45, 7) is 3.54. The summed E-state index contributed by atoms with van der Waals surface area (Å²) in [4.78, 5) is 14.6. The van der Waals surface area contributed by atoms with Gasteiger partial charge in [0.1, 0.15) is 5.78 Å². The second kappa shape index (κ2) is 6.04. The molecule has 1 aromatic heterocycles. The Morgan fingerprint density at radius 3 is 2.80 bits per heavy atom. The van der Waals surface area contributed by atoms with Crippen LogP contribution in [0.4, 0.5) is 0 Å². The minimum absolute atomic E-state index is 0.230. The van der Waals surface area contributed by atoms with Crippen LogP contribution in [0.1, 0.15) is 56.7 Å². The molecule has 1 aromatic rings. The molecule has 110 valence electrons. The van der Waals surface area contributed by atoms with Gasteiger partial charge in [-0.2, -0.15) is 0 Å². The van der Waals surface area contributed by atoms with Gasteiger partial charge in [0.15, 0.2) is 0 Å². The molecule has 0 bridgehead atoms. The molecule has 1 aliphatic carbocycles. The minimum Gasteiger partial charge on any atom is -0.424 e. The Morgan fingerprint density at radius 2 is 2.05 bits per heavy atom. The monoisotopic (exact) mass is 277 g/mol. The fraction of sp³-hybridized carbons (Fsp3) is 0.800. The van der Waals surface area contributed by atoms with Gasteiger partial charge in [-0.3, -0.25) is 9.69 Å². The van der Waals surface area contributed by atoms with Gasteiger partial charge >= 0.3 is 0 Å². The van der Waals surface area contributed by atoms with E-state index in [-0.39, 0.29) is 5.92 Å². The fourth-order valence-corrected chi connectivity index (χ4v) is 3.66. The molecule has 1 saturated heterocycles. The van der Waals surface area contributed by atoms with E-state index in [4.69, 9.17) is 4.42 Å². The van der Waals surface area contributed by atoms with Crippen LogP contribution in [0, 0.1) is 12.8 Å². The molecular formula is C15H23N3O2. The number of hydrogen-bond acceptors (Lipinski definition) is 5. The highest BCUT2D eigenvalue weighted by atomic mass is 16.4. The largest absolute Gasteiger partial charge is 0.424 e. The number of carbonyl (C=O) groups excluding carboxylic acids is 1. The highest BCUT2D eigenvalue weighted by Gasteiger charge is 2.35. The Morgan fingerprint density at radius 1 is 1.20 bits per heavy atom. The summed E-state index contributed by atoms with van der Waals surface area (Å²) >= 11 is 0. The summed E-state index contributed by atoms with van der Waals surface area (Å²) in [5, 5.41) is 7.99. The van der Waals surface area contributed by atoms with E-state index in [0.29, 0.717) is 30.2 Å². The van der Waals surface area contributed by atoms with E-state index in [2.05, 4.69) is 15.1 Å². The number of piperidine rings is 1. The molecule has 2 atom stereocenters. The third-order valence-electron chi connectivity index (χ3n) is 4.64. The number of aryl methyl sites for hydroxylation is 1. The van der Waals surface area contributed by atoms with E-state index < -0.39 is 0 Å². The van der Waals surface area contributed by atoms with Crippen LogP contribution in [-0.4, -0.2) is 33.5 Å². The van der Waals surface area contributed by atoms with Gasteiger partial charge in [-0.15, -0.1) is 10.2 Å². The van der Waals surface area contributed by atoms with Crippen LogP contribution in [-0.2, 0) is 11.3 Å². The molecule has 2 unspecified atom stereocenters. The van der Waals surface area contributed by atoms with Crippen molar-refractivity contribution >= 4 is 5.78 Å². The van der Waals surface area contributed by atoms with Crippen LogP contribution in [0.5, 0.6) is 0 Å². The SMILES string of the molecule is Cc1nnc(CN2CCCCC2C2CCCCC2=O)o1. The highest BCUT2D eigenvalue weighted by molar-refractivity contribution is 5.82. The lowest BCUT2D eigenvalue weighted by Gasteiger charge is -2.40. The number of carbonyl (C=O) groups is 1. The molecule has 0 spiro atoms. The van der Waals surface area contributed by atoms with Gasteiger partial charge in [-0.25, -0.2) is 0 Å². The zero-order valence-electron chi connectivity index (χ0n) is 12.2. The lowest BCUT2D eigenvalue weighted by molar-refractivity contribution is -0.128. The summed E-state index contributed by atoms with van der Waals surface area (Å²) < 4.78 is 5.50. The van der Waals surface area contributed by atoms with E-state index in [1.165, 1.54) is 19.3 Å². The molecule has 1 aliphatic heterocycles. The molecule has 2 aliphatic rings. The minimum atomic E-state index is 0.230. The highest BCUT2D eigenvalue weighted by Crippen LogP contribution is 2.32. The van der Waals surface area contributed by atoms with Gasteiger partial charge < -0.3 is 4.42 Å². The smallest absolute Gasteiger partial charge is 0.230 e. The summed E-state index contributed by atoms with van der Waals surface area (Å²) in [6.07, 6.45) is 7.66. The predicted molar refractivity (Wildman–Crippen MR) is 74.0 cm³/mol. The van der Waals surface area contributed by atoms with Crippen LogP contribution in [0.15, 0.2) is 4.42 Å². The standard InChI is InChI=1S/C15H23N3O2/c1-11-16-17-15(20-11)10-18-9-5-4-7-13(18)12-6-2-3-8-14(12)19/h12-13H,2-10H2,1H3. The van der Waals surface area contributed by atoms with Crippen molar-refractivity contribution < 1.29 is 9.21 Å². The first kappa shape index (κ1) is 13.7. The van der Waals surface area contributed by atoms with Gasteiger partial charge in [0.2, 0.25) is 11.8 Å². The van der Waals surface area contributed by atoms with Crippen molar-refractivity contribution in [2.24, 2.45) is 5.92 Å². The maximum Gasteiger partial charge on any atom is 0.230 e. The first-order valence-corrected chi connectivity index (χ1v) is 7.80. The zero-order chi connectivity index (χ0) is 13.9. The normalized spacial score (nSPS) is 28.8. The number of Topliss-reactive ketones (excluding diaryl/α,β-unsaturated/α-hetero) is 1. The predicted octanol–water partition coefficient (Wildman–Crippen LogP) is 2.49. The van der Waals surface area contributed by atoms with Crippen LogP contribution >= 0.6 is 0 Å². The van der Waals surface area contributed by atoms with Crippen LogP contribution in [0.3, 0.4) is 0 Å². The van der Waals surface area contributed by atoms with Crippen molar-refractivity contribution in [3.8, 4) is 0 Å². The summed E-state index contributed by atoms with van der Waals surface area (Å²) in [7, 11) is 0. The second-order valence-electron chi connectivity index (χ2n) is 6.07. The quantitative estimate of drug-likeness (QED) is 0.849. The summed E-state index contributed by atoms with van der Waals surface area (Å²) in [5.74, 6) is 1.99. The molecule has 1 saturated carbocycles. The van der Waals surface area contributed by atoms with Crippen LogP contribution in [0.2, 0.25) is 0 Å². The molecule has 2 fully saturated rings. The third kappa shape index (κ3) is 2.92. The average Bonchev–Trinajstić information content (AvgIpc) is 2.86. The number of likely N-dealkylation sites (tertiary alicyclic amines) is 1. The second-order valence-corrected chi connectivity index (χ2v) is 6.07. The van der Waals surface area contributed by atoms with E-state index >= 15 is 0 Å². The van der Waals surface area contributed by atoms with Crippen molar-refractivity contribution in [1.82, 2.24) is 15.1 Å². The van der Waals surface area contributed by atoms with Gasteiger partial charge in [-0.05, 0) is 32.2 Å². The molecule has 0 amide bonds. The molecule has 3 rings (SSSR count). The molecular weight excluding hydrogens is 254 g/mol. The molecule has 2 heterocycles. The number of aromatic nitrogens is 2. The van der Waals surface area contributed by atoms with E-state index in [1.807, 2.05) is 6.92 Å². The maximum absolute atomic E-state index is 12.2. The molecule has 20 heavy (non-hydrogen) atoms. The average molecular weight is 277 g/mol. The van der Waals surface area contributed by atoms with Gasteiger partial charge in [0.05, 0.1) is 6.54 Å². The Bertz CT molecular complexity index is 471. The zero-order valence-corrected chi connectivity index (χ0v) is 12.2. The molecule has 5 heteroatoms. The Labute approximate surface area is 119 Å². The molecule has 0 radical (unpaired) electrons. The number of hydrogen-bond donors (Lipinski definition) is 0. The van der Waals surface area contributed by atoms with Crippen LogP contribution in [0.25, 0.3) is 0 Å². The lowest BCUT2D eigenvalue weighted by atomic mass is 9.79. The van der Waals surface area contributed by atoms with Crippen molar-refractivity contribution in [2.75, 3.05) is 6.54 Å². The Balaban J connectivity index is 1.71. The molecule has 0 aromatic carbocycles. The van der Waals surface area contributed by atoms with Gasteiger partial charge in [0, 0.05) is 25.3 Å². The number of rotatable bonds is 3. The van der Waals surface area contributed by atoms with E-state index in [1.54, 1.807) is 0 Å². The summed E-state index contributed by atoms with van der Waals surface area (Å²) in [6, 6.07) is 0.378. The summed E-state index contributed by atoms with van der Waals surface area (Å²) in [5.41, 5.74) is 0. The topological polar surface area (TPSA) is 59.2 Å². The number of nitrogens with zero attached hydrogens (tertiary/aromatic N) is 3. The molecule has 0 N–H and O–H groups in total. The lowest BCUT2D eigenvalue weighted by Crippen LogP contribution is -2.47.